The van der Waals surface area contributed by atoms with Crippen LogP contribution in [0.2, 0.25) is 0 Å². The van der Waals surface area contributed by atoms with E-state index in [0.717, 1.165) is 18.5 Å². The van der Waals surface area contributed by atoms with Gasteiger partial charge in [-0.2, -0.15) is 0 Å². The molecule has 0 aliphatic carbocycles. The van der Waals surface area contributed by atoms with E-state index in [4.69, 9.17) is 0 Å². The monoisotopic (exact) mass is 235 g/mol. The Morgan fingerprint density at radius 2 is 1.71 bits per heavy atom. The van der Waals surface area contributed by atoms with Gasteiger partial charge in [-0.05, 0) is 25.0 Å². The molecule has 1 aliphatic heterocycles. The molecule has 0 atom stereocenters. The second kappa shape index (κ2) is 7.88. The van der Waals surface area contributed by atoms with Gasteiger partial charge in [0.05, 0.1) is 0 Å². The Morgan fingerprint density at radius 1 is 1.12 bits per heavy atom. The SMILES string of the molecule is CC.CC.Cc1ccc2c(c1)CCN(C)C2=O. The highest BCUT2D eigenvalue weighted by Crippen LogP contribution is 2.18. The molecular weight excluding hydrogens is 210 g/mol. The van der Waals surface area contributed by atoms with Gasteiger partial charge in [0.2, 0.25) is 0 Å². The van der Waals surface area contributed by atoms with E-state index in [9.17, 15) is 4.79 Å². The molecule has 2 rings (SSSR count). The summed E-state index contributed by atoms with van der Waals surface area (Å²) in [6, 6.07) is 6.04. The molecule has 1 aromatic carbocycles. The quantitative estimate of drug-likeness (QED) is 0.672. The van der Waals surface area contributed by atoms with Crippen LogP contribution in [0, 0.1) is 6.92 Å². The standard InChI is InChI=1S/C11H13NO.2C2H6/c1-8-3-4-10-9(7-8)5-6-12(2)11(10)13;2*1-2/h3-4,7H,5-6H2,1-2H3;2*1-2H3. The molecule has 1 aliphatic rings. The van der Waals surface area contributed by atoms with Crippen molar-refractivity contribution in [3.05, 3.63) is 34.9 Å². The molecule has 1 amide bonds. The fourth-order valence-corrected chi connectivity index (χ4v) is 1.73. The van der Waals surface area contributed by atoms with Gasteiger partial charge in [-0.3, -0.25) is 4.79 Å². The number of amides is 1. The van der Waals surface area contributed by atoms with E-state index < -0.39 is 0 Å². The summed E-state index contributed by atoms with van der Waals surface area (Å²) in [4.78, 5) is 13.4. The van der Waals surface area contributed by atoms with Crippen molar-refractivity contribution in [2.24, 2.45) is 0 Å². The maximum atomic E-state index is 11.7. The Kier molecular flexibility index (Phi) is 7.27. The molecule has 0 aromatic heterocycles. The molecule has 0 spiro atoms. The van der Waals surface area contributed by atoms with Gasteiger partial charge >= 0.3 is 0 Å². The van der Waals surface area contributed by atoms with Gasteiger partial charge in [-0.25, -0.2) is 0 Å². The first-order valence-corrected chi connectivity index (χ1v) is 6.53. The molecule has 0 saturated heterocycles. The molecule has 2 heteroatoms. The zero-order valence-electron chi connectivity index (χ0n) is 12.0. The Balaban J connectivity index is 0.000000581. The third-order valence-corrected chi connectivity index (χ3v) is 2.55. The van der Waals surface area contributed by atoms with Crippen LogP contribution in [-0.4, -0.2) is 24.4 Å². The van der Waals surface area contributed by atoms with Gasteiger partial charge in [-0.1, -0.05) is 45.4 Å². The van der Waals surface area contributed by atoms with E-state index in [2.05, 4.69) is 13.0 Å². The van der Waals surface area contributed by atoms with Crippen LogP contribution in [0.3, 0.4) is 0 Å². The molecule has 1 aromatic rings. The van der Waals surface area contributed by atoms with E-state index in [1.807, 2.05) is 46.9 Å². The van der Waals surface area contributed by atoms with Gasteiger partial charge < -0.3 is 4.90 Å². The van der Waals surface area contributed by atoms with E-state index in [1.54, 1.807) is 4.90 Å². The van der Waals surface area contributed by atoms with E-state index in [1.165, 1.54) is 11.1 Å². The number of rotatable bonds is 0. The summed E-state index contributed by atoms with van der Waals surface area (Å²) in [5.74, 6) is 0.154. The highest BCUT2D eigenvalue weighted by Gasteiger charge is 2.20. The van der Waals surface area contributed by atoms with Crippen LogP contribution < -0.4 is 0 Å². The van der Waals surface area contributed by atoms with Crippen molar-refractivity contribution in [1.82, 2.24) is 4.90 Å². The zero-order valence-corrected chi connectivity index (χ0v) is 12.0. The van der Waals surface area contributed by atoms with Crippen LogP contribution in [0.25, 0.3) is 0 Å². The summed E-state index contributed by atoms with van der Waals surface area (Å²) in [5, 5.41) is 0. The number of hydrogen-bond acceptors (Lipinski definition) is 1. The van der Waals surface area contributed by atoms with Gasteiger partial charge in [-0.15, -0.1) is 0 Å². The lowest BCUT2D eigenvalue weighted by molar-refractivity contribution is 0.0781. The van der Waals surface area contributed by atoms with Gasteiger partial charge in [0, 0.05) is 19.2 Å². The van der Waals surface area contributed by atoms with Gasteiger partial charge in [0.1, 0.15) is 0 Å². The molecule has 0 saturated carbocycles. The summed E-state index contributed by atoms with van der Waals surface area (Å²) >= 11 is 0. The molecular formula is C15H25NO. The van der Waals surface area contributed by atoms with Crippen LogP contribution in [0.1, 0.15) is 49.2 Å². The number of carbonyl (C=O) groups is 1. The topological polar surface area (TPSA) is 20.3 Å². The van der Waals surface area contributed by atoms with Crippen molar-refractivity contribution < 1.29 is 4.79 Å². The normalized spacial score (nSPS) is 12.8. The Bertz CT molecular complexity index is 358. The smallest absolute Gasteiger partial charge is 0.253 e. The molecule has 2 nitrogen and oxygen atoms in total. The second-order valence-corrected chi connectivity index (χ2v) is 3.64. The van der Waals surface area contributed by atoms with Crippen molar-refractivity contribution in [2.75, 3.05) is 13.6 Å². The molecule has 0 unspecified atom stereocenters. The molecule has 0 radical (unpaired) electrons. The number of fused-ring (bicyclic) bond motifs is 1. The average Bonchev–Trinajstić information content (AvgIpc) is 2.39. The molecule has 0 N–H and O–H groups in total. The van der Waals surface area contributed by atoms with Crippen LogP contribution in [0.15, 0.2) is 18.2 Å². The predicted octanol–water partition coefficient (Wildman–Crippen LogP) is 3.68. The first-order valence-electron chi connectivity index (χ1n) is 6.53. The fraction of sp³-hybridized carbons (Fsp3) is 0.533. The van der Waals surface area contributed by atoms with E-state index in [-0.39, 0.29) is 5.91 Å². The highest BCUT2D eigenvalue weighted by atomic mass is 16.2. The second-order valence-electron chi connectivity index (χ2n) is 3.64. The summed E-state index contributed by atoms with van der Waals surface area (Å²) in [5.41, 5.74) is 3.30. The Hall–Kier alpha value is -1.31. The summed E-state index contributed by atoms with van der Waals surface area (Å²) < 4.78 is 0. The van der Waals surface area contributed by atoms with Gasteiger partial charge in [0.15, 0.2) is 0 Å². The largest absolute Gasteiger partial charge is 0.341 e. The highest BCUT2D eigenvalue weighted by molar-refractivity contribution is 5.96. The minimum atomic E-state index is 0.154. The Morgan fingerprint density at radius 3 is 2.29 bits per heavy atom. The number of aryl methyl sites for hydroxylation is 1. The summed E-state index contributed by atoms with van der Waals surface area (Å²) in [7, 11) is 1.85. The average molecular weight is 235 g/mol. The van der Waals surface area contributed by atoms with E-state index in [0.29, 0.717) is 0 Å². The number of carbonyl (C=O) groups excluding carboxylic acids is 1. The van der Waals surface area contributed by atoms with Gasteiger partial charge in [0.25, 0.3) is 5.91 Å². The predicted molar refractivity (Wildman–Crippen MR) is 74.5 cm³/mol. The maximum Gasteiger partial charge on any atom is 0.253 e. The van der Waals surface area contributed by atoms with Crippen molar-refractivity contribution in [1.29, 1.82) is 0 Å². The third-order valence-electron chi connectivity index (χ3n) is 2.55. The Labute approximate surface area is 106 Å². The molecule has 1 heterocycles. The third kappa shape index (κ3) is 3.88. The maximum absolute atomic E-state index is 11.7. The van der Waals surface area contributed by atoms with Crippen molar-refractivity contribution in [2.45, 2.75) is 41.0 Å². The van der Waals surface area contributed by atoms with Crippen LogP contribution in [0.5, 0.6) is 0 Å². The molecule has 17 heavy (non-hydrogen) atoms. The van der Waals surface area contributed by atoms with Crippen LogP contribution in [0.4, 0.5) is 0 Å². The minimum Gasteiger partial charge on any atom is -0.341 e. The fourth-order valence-electron chi connectivity index (χ4n) is 1.73. The zero-order chi connectivity index (χ0) is 13.4. The summed E-state index contributed by atoms with van der Waals surface area (Å²) in [6.45, 7) is 10.9. The van der Waals surface area contributed by atoms with Crippen molar-refractivity contribution in [3.8, 4) is 0 Å². The van der Waals surface area contributed by atoms with Crippen LogP contribution in [-0.2, 0) is 6.42 Å². The molecule has 0 fully saturated rings. The van der Waals surface area contributed by atoms with Crippen molar-refractivity contribution in [3.63, 3.8) is 0 Å². The number of likely N-dealkylation sites (N-methyl/N-ethyl adjacent to an activating group) is 1. The number of nitrogens with zero attached hydrogens (tertiary/aromatic N) is 1. The number of benzene rings is 1. The molecule has 0 bridgehead atoms. The summed E-state index contributed by atoms with van der Waals surface area (Å²) in [6.07, 6.45) is 0.985. The lowest BCUT2D eigenvalue weighted by atomic mass is 9.97. The van der Waals surface area contributed by atoms with Crippen molar-refractivity contribution >= 4 is 5.91 Å². The first-order chi connectivity index (χ1) is 8.18. The minimum absolute atomic E-state index is 0.154. The first kappa shape index (κ1) is 15.7. The van der Waals surface area contributed by atoms with E-state index >= 15 is 0 Å². The lowest BCUT2D eigenvalue weighted by Gasteiger charge is -2.24. The number of hydrogen-bond donors (Lipinski definition) is 0. The van der Waals surface area contributed by atoms with Crippen LogP contribution >= 0.6 is 0 Å². The molecule has 96 valence electrons. The lowest BCUT2D eigenvalue weighted by Crippen LogP contribution is -2.34.